The molecular weight excluding hydrogens is 436 g/mol. The van der Waals surface area contributed by atoms with E-state index in [4.69, 9.17) is 14.9 Å². The second-order valence-electron chi connectivity index (χ2n) is 7.57. The maximum absolute atomic E-state index is 13.2. The maximum atomic E-state index is 13.2. The number of primary amides is 1. The van der Waals surface area contributed by atoms with Crippen LogP contribution < -0.4 is 5.73 Å². The van der Waals surface area contributed by atoms with Gasteiger partial charge in [-0.15, -0.1) is 0 Å². The van der Waals surface area contributed by atoms with Gasteiger partial charge in [0.1, 0.15) is 16.2 Å². The Balaban J connectivity index is 1.52. The number of amides is 2. The Morgan fingerprint density at radius 3 is 2.47 bits per heavy atom. The summed E-state index contributed by atoms with van der Waals surface area (Å²) in [5, 5.41) is 0.813. The minimum Gasteiger partial charge on any atom is -0.451 e. The van der Waals surface area contributed by atoms with Crippen molar-refractivity contribution in [3.63, 3.8) is 0 Å². The number of carbonyl (C=O) groups is 2. The molecule has 1 saturated heterocycles. The highest BCUT2D eigenvalue weighted by molar-refractivity contribution is 7.89. The van der Waals surface area contributed by atoms with Crippen LogP contribution >= 0.6 is 0 Å². The van der Waals surface area contributed by atoms with Gasteiger partial charge in [0.15, 0.2) is 5.76 Å². The number of aryl methyl sites for hydroxylation is 1. The monoisotopic (exact) mass is 460 g/mol. The van der Waals surface area contributed by atoms with Gasteiger partial charge in [-0.3, -0.25) is 9.59 Å². The molecule has 2 aromatic heterocycles. The first-order valence-electron chi connectivity index (χ1n) is 9.99. The Morgan fingerprint density at radius 1 is 1.16 bits per heavy atom. The number of hydrogen-bond donors (Lipinski definition) is 1. The van der Waals surface area contributed by atoms with E-state index in [-0.39, 0.29) is 55.0 Å². The van der Waals surface area contributed by atoms with Crippen LogP contribution in [0.4, 0.5) is 0 Å². The average molecular weight is 461 g/mol. The second kappa shape index (κ2) is 8.41. The Hall–Kier alpha value is -3.15. The number of nitrogens with zero attached hydrogens (tertiary/aromatic N) is 3. The molecule has 11 heteroatoms. The highest BCUT2D eigenvalue weighted by Gasteiger charge is 2.33. The van der Waals surface area contributed by atoms with Crippen LogP contribution in [0.1, 0.15) is 26.6 Å². The smallest absolute Gasteiger partial charge is 0.290 e. The van der Waals surface area contributed by atoms with E-state index in [0.717, 1.165) is 5.39 Å². The molecule has 32 heavy (non-hydrogen) atoms. The fourth-order valence-electron chi connectivity index (χ4n) is 3.90. The molecule has 170 valence electrons. The zero-order chi connectivity index (χ0) is 23.0. The molecule has 2 N–H and O–H groups in total. The normalized spacial score (nSPS) is 15.4. The molecule has 3 aromatic rings. The summed E-state index contributed by atoms with van der Waals surface area (Å²) in [4.78, 5) is 26.2. The minimum atomic E-state index is -3.82. The Labute approximate surface area is 185 Å². The number of fused-ring (bicyclic) bond motifs is 1. The van der Waals surface area contributed by atoms with E-state index >= 15 is 0 Å². The molecule has 1 aliphatic heterocycles. The molecule has 3 heterocycles. The number of para-hydroxylation sites is 1. The van der Waals surface area contributed by atoms with Crippen LogP contribution in [-0.2, 0) is 28.4 Å². The van der Waals surface area contributed by atoms with E-state index in [0.29, 0.717) is 11.1 Å². The third-order valence-corrected chi connectivity index (χ3v) is 7.44. The predicted octanol–water partition coefficient (Wildman–Crippen LogP) is 1.16. The van der Waals surface area contributed by atoms with Gasteiger partial charge in [0, 0.05) is 57.5 Å². The van der Waals surface area contributed by atoms with Crippen molar-refractivity contribution in [2.24, 2.45) is 12.8 Å². The van der Waals surface area contributed by atoms with Gasteiger partial charge in [-0.1, -0.05) is 18.2 Å². The van der Waals surface area contributed by atoms with Crippen molar-refractivity contribution in [2.75, 3.05) is 33.3 Å². The van der Waals surface area contributed by atoms with E-state index < -0.39 is 15.9 Å². The van der Waals surface area contributed by atoms with E-state index in [1.54, 1.807) is 25.1 Å². The van der Waals surface area contributed by atoms with Crippen LogP contribution in [0, 0.1) is 0 Å². The minimum absolute atomic E-state index is 0.00626. The van der Waals surface area contributed by atoms with Gasteiger partial charge in [0.05, 0.1) is 6.61 Å². The summed E-state index contributed by atoms with van der Waals surface area (Å²) in [7, 11) is -0.720. The van der Waals surface area contributed by atoms with Crippen LogP contribution in [-0.4, -0.2) is 67.3 Å². The van der Waals surface area contributed by atoms with Crippen LogP contribution in [0.3, 0.4) is 0 Å². The molecule has 2 amide bonds. The molecular formula is C21H24N4O6S. The number of hydrogen-bond acceptors (Lipinski definition) is 6. The summed E-state index contributed by atoms with van der Waals surface area (Å²) in [5.74, 6) is -0.804. The highest BCUT2D eigenvalue weighted by Crippen LogP contribution is 2.28. The number of aromatic nitrogens is 1. The number of methoxy groups -OCH3 is 1. The number of sulfonamides is 1. The summed E-state index contributed by atoms with van der Waals surface area (Å²) in [6.45, 7) is 0.875. The van der Waals surface area contributed by atoms with Crippen LogP contribution in [0.2, 0.25) is 0 Å². The first-order valence-corrected chi connectivity index (χ1v) is 11.4. The fraction of sp³-hybridized carbons (Fsp3) is 0.333. The molecule has 0 radical (unpaired) electrons. The zero-order valence-corrected chi connectivity index (χ0v) is 18.6. The van der Waals surface area contributed by atoms with Crippen LogP contribution in [0.15, 0.2) is 45.8 Å². The first kappa shape index (κ1) is 22.1. The van der Waals surface area contributed by atoms with Gasteiger partial charge in [-0.25, -0.2) is 8.42 Å². The lowest BCUT2D eigenvalue weighted by molar-refractivity contribution is 0.0662. The Kier molecular flexibility index (Phi) is 5.80. The Morgan fingerprint density at radius 2 is 1.84 bits per heavy atom. The molecule has 0 spiro atoms. The number of nitrogens with two attached hydrogens (primary N) is 1. The lowest BCUT2D eigenvalue weighted by Gasteiger charge is -2.33. The van der Waals surface area contributed by atoms with Crippen molar-refractivity contribution < 1.29 is 27.2 Å². The molecule has 4 rings (SSSR count). The molecule has 0 aliphatic carbocycles. The van der Waals surface area contributed by atoms with Crippen molar-refractivity contribution in [3.05, 3.63) is 53.5 Å². The van der Waals surface area contributed by atoms with Crippen molar-refractivity contribution in [3.8, 4) is 0 Å². The zero-order valence-electron chi connectivity index (χ0n) is 17.8. The molecule has 1 fully saturated rings. The van der Waals surface area contributed by atoms with Crippen molar-refractivity contribution in [1.29, 1.82) is 0 Å². The second-order valence-corrected chi connectivity index (χ2v) is 9.51. The molecule has 0 unspecified atom stereocenters. The van der Waals surface area contributed by atoms with Gasteiger partial charge in [-0.2, -0.15) is 4.31 Å². The van der Waals surface area contributed by atoms with Crippen molar-refractivity contribution in [2.45, 2.75) is 11.5 Å². The Bertz CT molecular complexity index is 1280. The van der Waals surface area contributed by atoms with E-state index in [2.05, 4.69) is 0 Å². The third kappa shape index (κ3) is 3.78. The molecule has 0 atom stereocenters. The number of ether oxygens (including phenoxy) is 1. The first-order chi connectivity index (χ1) is 15.2. The predicted molar refractivity (Wildman–Crippen MR) is 116 cm³/mol. The summed E-state index contributed by atoms with van der Waals surface area (Å²) in [5.41, 5.74) is 6.66. The summed E-state index contributed by atoms with van der Waals surface area (Å²) >= 11 is 0. The number of benzene rings is 1. The lowest BCUT2D eigenvalue weighted by Crippen LogP contribution is -2.50. The third-order valence-electron chi connectivity index (χ3n) is 5.58. The number of furan rings is 1. The van der Waals surface area contributed by atoms with E-state index in [1.165, 1.54) is 21.1 Å². The largest absolute Gasteiger partial charge is 0.451 e. The van der Waals surface area contributed by atoms with Crippen molar-refractivity contribution in [1.82, 2.24) is 13.8 Å². The van der Waals surface area contributed by atoms with Crippen LogP contribution in [0.5, 0.6) is 0 Å². The molecule has 0 saturated carbocycles. The summed E-state index contributed by atoms with van der Waals surface area (Å²) < 4.78 is 39.8. The summed E-state index contributed by atoms with van der Waals surface area (Å²) in [6, 6.07) is 8.61. The number of carbonyl (C=O) groups excluding carboxylic acids is 2. The molecule has 0 bridgehead atoms. The molecule has 1 aliphatic rings. The number of piperazine rings is 1. The van der Waals surface area contributed by atoms with Crippen molar-refractivity contribution >= 4 is 32.8 Å². The lowest BCUT2D eigenvalue weighted by atomic mass is 10.1. The number of rotatable bonds is 6. The van der Waals surface area contributed by atoms with E-state index in [1.807, 2.05) is 18.2 Å². The summed E-state index contributed by atoms with van der Waals surface area (Å²) in [6.07, 6.45) is 1.36. The topological polar surface area (TPSA) is 128 Å². The van der Waals surface area contributed by atoms with Gasteiger partial charge in [0.25, 0.3) is 11.8 Å². The highest BCUT2D eigenvalue weighted by atomic mass is 32.2. The molecule has 10 nitrogen and oxygen atoms in total. The quantitative estimate of drug-likeness (QED) is 0.588. The SMILES string of the molecule is COCc1c(C(=O)N2CCN(S(=O)(=O)c3cc(C(N)=O)n(C)c3)CC2)oc2ccccc12. The maximum Gasteiger partial charge on any atom is 0.290 e. The average Bonchev–Trinajstić information content (AvgIpc) is 3.35. The van der Waals surface area contributed by atoms with Crippen LogP contribution in [0.25, 0.3) is 11.0 Å². The van der Waals surface area contributed by atoms with Gasteiger partial charge < -0.3 is 24.4 Å². The van der Waals surface area contributed by atoms with E-state index in [9.17, 15) is 18.0 Å². The fourth-order valence-corrected chi connectivity index (χ4v) is 5.40. The van der Waals surface area contributed by atoms with Gasteiger partial charge in [0.2, 0.25) is 10.0 Å². The standard InChI is InChI=1S/C21H24N4O6S/c1-23-12-14(11-17(23)20(22)26)32(28,29)25-9-7-24(8-10-25)21(27)19-16(13-30-2)15-5-3-4-6-18(15)31-19/h3-6,11-12H,7-10,13H2,1-2H3,(H2,22,26). The van der Waals surface area contributed by atoms with Gasteiger partial charge in [-0.05, 0) is 12.1 Å². The van der Waals surface area contributed by atoms with Gasteiger partial charge >= 0.3 is 0 Å². The molecule has 1 aromatic carbocycles.